The Kier molecular flexibility index (Phi) is 4.52. The zero-order valence-corrected chi connectivity index (χ0v) is 15.0. The minimum absolute atomic E-state index is 0.00573. The van der Waals surface area contributed by atoms with Crippen molar-refractivity contribution in [2.75, 3.05) is 36.0 Å². The molecule has 2 saturated heterocycles. The van der Waals surface area contributed by atoms with Crippen molar-refractivity contribution in [3.8, 4) is 0 Å². The predicted molar refractivity (Wildman–Crippen MR) is 92.3 cm³/mol. The topological polar surface area (TPSA) is 58.8 Å². The first-order valence-electron chi connectivity index (χ1n) is 8.23. The molecule has 2 N–H and O–H groups in total. The molecule has 2 heterocycles. The molecule has 0 spiro atoms. The minimum Gasteiger partial charge on any atom is -0.443 e. The van der Waals surface area contributed by atoms with E-state index in [1.165, 1.54) is 17.0 Å². The first-order chi connectivity index (χ1) is 11.3. The molecule has 24 heavy (non-hydrogen) atoms. The summed E-state index contributed by atoms with van der Waals surface area (Å²) in [5.74, 6) is -1.29. The zero-order chi connectivity index (χ0) is 17.5. The molecule has 0 saturated carbocycles. The van der Waals surface area contributed by atoms with E-state index in [1.54, 1.807) is 4.90 Å². The molecule has 0 unspecified atom stereocenters. The van der Waals surface area contributed by atoms with Crippen LogP contribution < -0.4 is 15.5 Å². The van der Waals surface area contributed by atoms with Crippen LogP contribution in [0.5, 0.6) is 0 Å². The van der Waals surface area contributed by atoms with E-state index in [0.717, 1.165) is 12.1 Å². The Labute approximate surface area is 141 Å². The van der Waals surface area contributed by atoms with Gasteiger partial charge in [0.1, 0.15) is 11.8 Å². The Morgan fingerprint density at radius 3 is 2.33 bits per heavy atom. The first kappa shape index (κ1) is 17.2. The number of hydrogen-bond acceptors (Lipinski definition) is 4. The van der Waals surface area contributed by atoms with Gasteiger partial charge in [0.25, 0.3) is 0 Å². The van der Waals surface area contributed by atoms with Crippen LogP contribution in [0.2, 0.25) is 25.2 Å². The summed E-state index contributed by atoms with van der Waals surface area (Å²) in [4.78, 5) is 14.8. The number of cyclic esters (lactones) is 1. The highest BCUT2D eigenvalue weighted by atomic mass is 28.3. The third-order valence-corrected chi connectivity index (χ3v) is 8.04. The van der Waals surface area contributed by atoms with Gasteiger partial charge in [-0.1, -0.05) is 13.1 Å². The van der Waals surface area contributed by atoms with Gasteiger partial charge in [-0.2, -0.15) is 0 Å². The second-order valence-electron chi connectivity index (χ2n) is 7.26. The Balaban J connectivity index is 1.83. The lowest BCUT2D eigenvalue weighted by Gasteiger charge is -2.37. The number of hydrogen-bond donors (Lipinski definition) is 1. The molecule has 1 aromatic rings. The number of ether oxygens (including phenoxy) is 1. The van der Waals surface area contributed by atoms with Crippen molar-refractivity contribution in [2.45, 2.75) is 31.3 Å². The highest BCUT2D eigenvalue weighted by molar-refractivity contribution is 6.77. The minimum atomic E-state index is -1.22. The Hall–Kier alpha value is -1.67. The summed E-state index contributed by atoms with van der Waals surface area (Å²) in [6.07, 6.45) is -1.07. The summed E-state index contributed by atoms with van der Waals surface area (Å²) < 4.78 is 34.2. The summed E-state index contributed by atoms with van der Waals surface area (Å²) in [5.41, 5.74) is 5.66. The number of benzene rings is 1. The molecule has 2 aliphatic rings. The van der Waals surface area contributed by atoms with Gasteiger partial charge in [-0.05, 0) is 12.1 Å². The van der Waals surface area contributed by atoms with Crippen molar-refractivity contribution in [1.82, 2.24) is 0 Å². The van der Waals surface area contributed by atoms with Crippen molar-refractivity contribution in [3.63, 3.8) is 0 Å². The van der Waals surface area contributed by atoms with Crippen molar-refractivity contribution in [2.24, 2.45) is 5.73 Å². The highest BCUT2D eigenvalue weighted by Gasteiger charge is 2.34. The number of amides is 1. The second-order valence-corrected chi connectivity index (χ2v) is 12.6. The predicted octanol–water partition coefficient (Wildman–Crippen LogP) is 2.78. The van der Waals surface area contributed by atoms with Gasteiger partial charge >= 0.3 is 6.09 Å². The second kappa shape index (κ2) is 6.32. The van der Waals surface area contributed by atoms with Crippen LogP contribution in [0.25, 0.3) is 0 Å². The Bertz CT molecular complexity index is 623. The molecule has 2 fully saturated rings. The third kappa shape index (κ3) is 3.25. The molecule has 5 nitrogen and oxygen atoms in total. The van der Waals surface area contributed by atoms with Crippen molar-refractivity contribution < 1.29 is 18.3 Å². The summed E-state index contributed by atoms with van der Waals surface area (Å²) in [5, 5.41) is 0. The normalized spacial score (nSPS) is 23.5. The molecule has 3 rings (SSSR count). The Morgan fingerprint density at radius 2 is 1.83 bits per heavy atom. The van der Waals surface area contributed by atoms with E-state index in [9.17, 15) is 13.6 Å². The quantitative estimate of drug-likeness (QED) is 0.847. The number of nitrogens with zero attached hydrogens (tertiary/aromatic N) is 2. The lowest BCUT2D eigenvalue weighted by molar-refractivity contribution is 0.145. The molecule has 2 aliphatic heterocycles. The fourth-order valence-electron chi connectivity index (χ4n) is 3.20. The van der Waals surface area contributed by atoms with E-state index in [0.29, 0.717) is 13.1 Å². The SMILES string of the molecule is C[Si]1(C)CCN(c2c(F)cc(N3C[C@H](CN)OC3=O)cc2F)CC1. The Morgan fingerprint density at radius 1 is 1.25 bits per heavy atom. The fraction of sp³-hybridized carbons (Fsp3) is 0.562. The lowest BCUT2D eigenvalue weighted by Crippen LogP contribution is -2.43. The standard InChI is InChI=1S/C16H23F2N3O2Si/c1-24(2)5-3-20(4-6-24)15-13(17)7-11(8-14(15)18)21-10-12(9-19)23-16(21)22/h7-8,12H,3-6,9-10,19H2,1-2H3/t12-/m0/s1. The van der Waals surface area contributed by atoms with E-state index >= 15 is 0 Å². The number of anilines is 2. The molecule has 132 valence electrons. The molecule has 0 aliphatic carbocycles. The van der Waals surface area contributed by atoms with Crippen molar-refractivity contribution in [1.29, 1.82) is 0 Å². The first-order valence-corrected chi connectivity index (χ1v) is 11.6. The average Bonchev–Trinajstić information content (AvgIpc) is 2.89. The largest absolute Gasteiger partial charge is 0.443 e. The molecule has 1 amide bonds. The number of nitrogens with two attached hydrogens (primary N) is 1. The van der Waals surface area contributed by atoms with Crippen LogP contribution in [0, 0.1) is 11.6 Å². The lowest BCUT2D eigenvalue weighted by atomic mass is 10.2. The van der Waals surface area contributed by atoms with Gasteiger partial charge in [0.15, 0.2) is 11.6 Å². The van der Waals surface area contributed by atoms with Gasteiger partial charge in [0.05, 0.1) is 20.3 Å². The molecule has 0 bridgehead atoms. The van der Waals surface area contributed by atoms with Crippen LogP contribution in [0.3, 0.4) is 0 Å². The van der Waals surface area contributed by atoms with Crippen LogP contribution in [-0.2, 0) is 4.74 Å². The number of carbonyl (C=O) groups is 1. The zero-order valence-electron chi connectivity index (χ0n) is 14.0. The van der Waals surface area contributed by atoms with Crippen LogP contribution >= 0.6 is 0 Å². The highest BCUT2D eigenvalue weighted by Crippen LogP contribution is 2.34. The smallest absolute Gasteiger partial charge is 0.414 e. The molecule has 1 atom stereocenters. The maximum Gasteiger partial charge on any atom is 0.414 e. The summed E-state index contributed by atoms with van der Waals surface area (Å²) in [6, 6.07) is 4.44. The van der Waals surface area contributed by atoms with E-state index in [2.05, 4.69) is 13.1 Å². The monoisotopic (exact) mass is 355 g/mol. The van der Waals surface area contributed by atoms with E-state index in [-0.39, 0.29) is 24.5 Å². The fourth-order valence-corrected chi connectivity index (χ4v) is 5.20. The van der Waals surface area contributed by atoms with Crippen molar-refractivity contribution in [3.05, 3.63) is 23.8 Å². The molecule has 0 aromatic heterocycles. The molecular weight excluding hydrogens is 332 g/mol. The number of carbonyl (C=O) groups excluding carboxylic acids is 1. The summed E-state index contributed by atoms with van der Waals surface area (Å²) in [7, 11) is -1.22. The molecule has 0 radical (unpaired) electrons. The van der Waals surface area contributed by atoms with Gasteiger partial charge in [0, 0.05) is 31.8 Å². The maximum absolute atomic E-state index is 14.6. The van der Waals surface area contributed by atoms with E-state index < -0.39 is 31.9 Å². The van der Waals surface area contributed by atoms with Gasteiger partial charge in [0.2, 0.25) is 0 Å². The average molecular weight is 355 g/mol. The van der Waals surface area contributed by atoms with Crippen molar-refractivity contribution >= 4 is 25.5 Å². The van der Waals surface area contributed by atoms with Gasteiger partial charge < -0.3 is 15.4 Å². The third-order valence-electron chi connectivity index (χ3n) is 4.88. The van der Waals surface area contributed by atoms with E-state index in [1.807, 2.05) is 0 Å². The van der Waals surface area contributed by atoms with Gasteiger partial charge in [-0.15, -0.1) is 0 Å². The van der Waals surface area contributed by atoms with Gasteiger partial charge in [-0.3, -0.25) is 4.90 Å². The van der Waals surface area contributed by atoms with Crippen LogP contribution in [-0.4, -0.2) is 46.5 Å². The van der Waals surface area contributed by atoms with E-state index in [4.69, 9.17) is 10.5 Å². The van der Waals surface area contributed by atoms with Crippen LogP contribution in [0.4, 0.5) is 25.0 Å². The summed E-state index contributed by atoms with van der Waals surface area (Å²) >= 11 is 0. The summed E-state index contributed by atoms with van der Waals surface area (Å²) in [6.45, 7) is 6.33. The van der Waals surface area contributed by atoms with Crippen LogP contribution in [0.15, 0.2) is 12.1 Å². The van der Waals surface area contributed by atoms with Crippen LogP contribution in [0.1, 0.15) is 0 Å². The maximum atomic E-state index is 14.6. The van der Waals surface area contributed by atoms with Gasteiger partial charge in [-0.25, -0.2) is 13.6 Å². The molecular formula is C16H23F2N3O2Si. The number of rotatable bonds is 3. The molecule has 1 aromatic carbocycles. The number of halogens is 2. The molecule has 8 heteroatoms.